The first-order chi connectivity index (χ1) is 68.5. The lowest BCUT2D eigenvalue weighted by molar-refractivity contribution is -0.307. The van der Waals surface area contributed by atoms with E-state index in [1.54, 1.807) is 72.8 Å². The normalized spacial score (nSPS) is 17.2. The molecule has 4 aliphatic carbocycles. The van der Waals surface area contributed by atoms with Crippen LogP contribution in [0.5, 0.6) is 11.5 Å². The minimum atomic E-state index is -2.58. The zero-order valence-electron chi connectivity index (χ0n) is 76.1. The SMILES string of the molecule is CC(CC(=O)[O-])C(=O)Nc1ccc2c(c1)C(COC(=O)ON1C(=O)CCC1=O)c1cc(OS(=O)O)ccc1-2.CC(CC(=O)[O-])C(=O)Nc1ccc2c(c1)C(COC(=O)ON1C(=O)CCC1=O)c1cc(OS(=O)O)ccc1-2.CC(CC(=O)[O-])C(=O)Nc1ccc2c(c1)C(COC(=O)ON1C(=O)CCC1=O)c1ccccc1-2.CC(CC(=O)[O-])C(=O)Nc1ccc2c(c1)C(COC(=O)ON1C(=O)CCC1=O)c1ccccc1-2. The second-order valence-corrected chi connectivity index (χ2v) is 34.7. The summed E-state index contributed by atoms with van der Waals surface area (Å²) in [6, 6.07) is 44.8. The standard InChI is InChI=1S/2C24H22N2O11S.2C24H22N2O8/c2*1-12(8-22(29)30)23(31)25-13-2-4-15-16-5-3-14(37-38(33)34)10-18(16)19(17(15)9-13)11-35-24(32)36-26-20(27)6-7-21(26)28;2*1-13(10-22(29)30)23(31)25-14-6-7-17-15-4-2-3-5-16(15)19(18(17)11-14)12-33-24(32)34-26-20(27)8-9-21(26)28/h2*2-5,9-10,12,19H,6-8,11H2,1H3,(H,25,31)(H,29,30)(H,33,34);2*2-7,11,13,19H,8-10,12H2,1H3,(H,25,31)(H,29,30)/p-4. The molecule has 0 spiro atoms. The summed E-state index contributed by atoms with van der Waals surface area (Å²) in [5, 5.41) is 55.4. The fourth-order valence-electron chi connectivity index (χ4n) is 16.7. The Kier molecular flexibility index (Phi) is 33.3. The number of hydrogen-bond donors (Lipinski definition) is 6. The van der Waals surface area contributed by atoms with E-state index in [1.807, 2.05) is 60.7 Å². The Hall–Kier alpha value is -17.0. The number of nitrogens with one attached hydrogen (secondary N) is 4. The van der Waals surface area contributed by atoms with Crippen LogP contribution in [0.1, 0.15) is 173 Å². The lowest BCUT2D eigenvalue weighted by Crippen LogP contribution is -2.32. The minimum absolute atomic E-state index is 0.0222. The summed E-state index contributed by atoms with van der Waals surface area (Å²) < 4.78 is 71.1. The van der Waals surface area contributed by atoms with E-state index in [4.69, 9.17) is 55.8 Å². The lowest BCUT2D eigenvalue weighted by Gasteiger charge is -2.17. The highest BCUT2D eigenvalue weighted by atomic mass is 32.2. The first-order valence-corrected chi connectivity index (χ1v) is 46.1. The molecule has 4 heterocycles. The molecule has 8 aromatic carbocycles. The van der Waals surface area contributed by atoms with Crippen molar-refractivity contribution in [2.75, 3.05) is 47.7 Å². The van der Waals surface area contributed by atoms with E-state index >= 15 is 0 Å². The summed E-state index contributed by atoms with van der Waals surface area (Å²) in [4.78, 5) is 254. The fraction of sp³-hybridized carbons (Fsp3) is 0.292. The Balaban J connectivity index is 0.000000161. The maximum atomic E-state index is 12.4. The predicted molar refractivity (Wildman–Crippen MR) is 481 cm³/mol. The number of imide groups is 4. The molecule has 46 nitrogen and oxygen atoms in total. The Morgan fingerprint density at radius 2 is 0.493 bits per heavy atom. The third kappa shape index (κ3) is 25.4. The Morgan fingerprint density at radius 1 is 0.299 bits per heavy atom. The van der Waals surface area contributed by atoms with Gasteiger partial charge in [-0.3, -0.25) is 86.0 Å². The van der Waals surface area contributed by atoms with E-state index in [-0.39, 0.29) is 101 Å². The highest BCUT2D eigenvalue weighted by molar-refractivity contribution is 7.74. The summed E-state index contributed by atoms with van der Waals surface area (Å²) in [5.74, 6) is -17.7. The van der Waals surface area contributed by atoms with E-state index in [0.29, 0.717) is 87.5 Å². The van der Waals surface area contributed by atoms with Crippen LogP contribution in [0.25, 0.3) is 44.5 Å². The number of carbonyl (C=O) groups excluding carboxylic acids is 20. The van der Waals surface area contributed by atoms with Gasteiger partial charge in [0.05, 0.1) is 0 Å². The predicted octanol–water partition coefficient (Wildman–Crippen LogP) is 5.95. The van der Waals surface area contributed by atoms with Gasteiger partial charge in [0.15, 0.2) is 0 Å². The molecule has 8 aliphatic rings. The van der Waals surface area contributed by atoms with Crippen molar-refractivity contribution in [3.8, 4) is 56.0 Å². The number of aliphatic carboxylic acids is 4. The number of anilines is 4. The molecule has 10 unspecified atom stereocenters. The lowest BCUT2D eigenvalue weighted by atomic mass is 9.97. The van der Waals surface area contributed by atoms with Crippen molar-refractivity contribution in [2.45, 2.75) is 128 Å². The van der Waals surface area contributed by atoms with Crippen LogP contribution in [0.3, 0.4) is 0 Å². The summed E-state index contributed by atoms with van der Waals surface area (Å²) in [7, 11) is 0. The molecule has 4 saturated heterocycles. The number of fused-ring (bicyclic) bond motifs is 12. The monoisotopic (exact) mass is 2020 g/mol. The second-order valence-electron chi connectivity index (χ2n) is 33.5. The summed E-state index contributed by atoms with van der Waals surface area (Å²) in [5.41, 5.74) is 13.8. The van der Waals surface area contributed by atoms with Crippen molar-refractivity contribution in [1.29, 1.82) is 0 Å². The molecule has 144 heavy (non-hydrogen) atoms. The van der Waals surface area contributed by atoms with Crippen molar-refractivity contribution in [1.82, 2.24) is 20.3 Å². The quantitative estimate of drug-likeness (QED) is 0.0123. The van der Waals surface area contributed by atoms with Crippen LogP contribution in [-0.4, -0.2) is 184 Å². The third-order valence-electron chi connectivity index (χ3n) is 23.6. The van der Waals surface area contributed by atoms with Crippen LogP contribution < -0.4 is 50.1 Å². The molecular formula is C96H84N8O38S2-4. The van der Waals surface area contributed by atoms with Gasteiger partial charge in [0, 0.05) is 145 Å². The maximum absolute atomic E-state index is 12.4. The van der Waals surface area contributed by atoms with Crippen molar-refractivity contribution >= 4 is 165 Å². The smallest absolute Gasteiger partial charge is 0.533 e. The summed E-state index contributed by atoms with van der Waals surface area (Å²) in [6.07, 6.45) is -7.05. The number of hydrogen-bond acceptors (Lipinski definition) is 36. The molecule has 4 aliphatic heterocycles. The van der Waals surface area contributed by atoms with Crippen LogP contribution >= 0.6 is 0 Å². The molecule has 0 bridgehead atoms. The van der Waals surface area contributed by atoms with Crippen LogP contribution in [0.4, 0.5) is 41.9 Å². The largest absolute Gasteiger partial charge is 0.550 e. The van der Waals surface area contributed by atoms with E-state index in [1.165, 1.54) is 52.0 Å². The molecule has 0 radical (unpaired) electrons. The van der Waals surface area contributed by atoms with Gasteiger partial charge in [0.2, 0.25) is 23.6 Å². The maximum Gasteiger partial charge on any atom is 0.533 e. The minimum Gasteiger partial charge on any atom is -0.550 e. The van der Waals surface area contributed by atoms with Crippen LogP contribution in [0, 0.1) is 23.7 Å². The summed E-state index contributed by atoms with van der Waals surface area (Å²) in [6.45, 7) is 4.98. The van der Waals surface area contributed by atoms with Gasteiger partial charge >= 0.3 is 47.3 Å². The molecule has 10 atom stereocenters. The van der Waals surface area contributed by atoms with Gasteiger partial charge in [0.25, 0.3) is 47.3 Å². The average molecular weight is 2020 g/mol. The molecule has 8 aromatic rings. The first kappa shape index (κ1) is 104. The van der Waals surface area contributed by atoms with Gasteiger partial charge in [-0.15, -0.1) is 0 Å². The number of carboxylic acid groups (broad SMARTS) is 4. The van der Waals surface area contributed by atoms with Gasteiger partial charge in [-0.25, -0.2) is 19.2 Å². The average Bonchev–Trinajstić information content (AvgIpc) is 1.62. The van der Waals surface area contributed by atoms with E-state index in [0.717, 1.165) is 44.5 Å². The molecule has 0 saturated carbocycles. The van der Waals surface area contributed by atoms with Crippen molar-refractivity contribution in [3.05, 3.63) is 202 Å². The van der Waals surface area contributed by atoms with Crippen LogP contribution in [0.15, 0.2) is 158 Å². The Bertz CT molecular complexity index is 6210. The van der Waals surface area contributed by atoms with E-state index < -0.39 is 203 Å². The highest BCUT2D eigenvalue weighted by Gasteiger charge is 2.42. The zero-order valence-corrected chi connectivity index (χ0v) is 77.8. The first-order valence-electron chi connectivity index (χ1n) is 44.0. The topological polar surface area (TPSA) is 662 Å². The second kappa shape index (κ2) is 45.9. The Morgan fingerprint density at radius 3 is 0.708 bits per heavy atom. The van der Waals surface area contributed by atoms with E-state index in [2.05, 4.69) is 21.3 Å². The number of rotatable bonds is 32. The van der Waals surface area contributed by atoms with Gasteiger partial charge in [-0.2, -0.15) is 8.42 Å². The van der Waals surface area contributed by atoms with Gasteiger partial charge in [-0.1, -0.05) is 133 Å². The number of carboxylic acids is 4. The number of amides is 12. The Labute approximate surface area is 819 Å². The van der Waals surface area contributed by atoms with E-state index in [9.17, 15) is 125 Å². The number of ether oxygens (including phenoxy) is 4. The molecule has 4 fully saturated rings. The van der Waals surface area contributed by atoms with Crippen molar-refractivity contribution in [3.63, 3.8) is 0 Å². The zero-order chi connectivity index (χ0) is 104. The molecule has 752 valence electrons. The molecule has 16 rings (SSSR count). The molecule has 6 N–H and O–H groups in total. The van der Waals surface area contributed by atoms with Crippen LogP contribution in [0.2, 0.25) is 0 Å². The van der Waals surface area contributed by atoms with Crippen LogP contribution in [-0.2, 0) is 138 Å². The van der Waals surface area contributed by atoms with Crippen molar-refractivity contribution < 1.29 is 181 Å². The third-order valence-corrected chi connectivity index (χ3v) is 24.3. The van der Waals surface area contributed by atoms with Gasteiger partial charge in [-0.05, 0) is 187 Å². The summed E-state index contributed by atoms with van der Waals surface area (Å²) >= 11 is -5.17. The molecule has 12 amide bonds. The van der Waals surface area contributed by atoms with Gasteiger partial charge in [0.1, 0.15) is 37.9 Å². The molecular weight excluding hydrogens is 1940 g/mol. The number of carbonyl (C=O) groups is 20. The molecule has 48 heteroatoms. The van der Waals surface area contributed by atoms with Gasteiger partial charge < -0.3 is 88.2 Å². The molecule has 0 aromatic heterocycles. The highest BCUT2D eigenvalue weighted by Crippen LogP contribution is 2.52. The number of hydroxylamine groups is 8. The fourth-order valence-corrected chi connectivity index (χ4v) is 17.2. The van der Waals surface area contributed by atoms with Crippen molar-refractivity contribution in [2.24, 2.45) is 23.7 Å². The number of nitrogens with zero attached hydrogens (tertiary/aromatic N) is 4. The number of benzene rings is 8.